The fourth-order valence-electron chi connectivity index (χ4n) is 1.98. The number of aryl methyl sites for hydroxylation is 1. The molecule has 21 heavy (non-hydrogen) atoms. The number of hydrogen-bond donors (Lipinski definition) is 2. The molecule has 0 aromatic carbocycles. The first kappa shape index (κ1) is 15.1. The van der Waals surface area contributed by atoms with Crippen molar-refractivity contribution in [2.45, 2.75) is 20.4 Å². The van der Waals surface area contributed by atoms with Crippen LogP contribution >= 0.6 is 11.3 Å². The van der Waals surface area contributed by atoms with Crippen LogP contribution in [0.25, 0.3) is 0 Å². The molecule has 0 spiro atoms. The number of nitrogens with zero attached hydrogens (tertiary/aromatic N) is 4. The number of nitrogen functional groups attached to an aromatic ring is 1. The first-order valence-electron chi connectivity index (χ1n) is 6.33. The zero-order valence-electron chi connectivity index (χ0n) is 11.7. The van der Waals surface area contributed by atoms with E-state index in [0.717, 1.165) is 4.88 Å². The highest BCUT2D eigenvalue weighted by atomic mass is 32.1. The van der Waals surface area contributed by atoms with E-state index in [2.05, 4.69) is 15.4 Å². The molecule has 0 aliphatic carbocycles. The van der Waals surface area contributed by atoms with Gasteiger partial charge in [0.1, 0.15) is 5.69 Å². The molecule has 8 nitrogen and oxygen atoms in total. The van der Waals surface area contributed by atoms with Gasteiger partial charge in [0.15, 0.2) is 0 Å². The van der Waals surface area contributed by atoms with Crippen LogP contribution in [-0.4, -0.2) is 21.4 Å². The molecular formula is C12H16N6O2S. The summed E-state index contributed by atoms with van der Waals surface area (Å²) in [5, 5.41) is 13.3. The zero-order valence-corrected chi connectivity index (χ0v) is 12.6. The van der Waals surface area contributed by atoms with Crippen LogP contribution in [-0.2, 0) is 6.54 Å². The summed E-state index contributed by atoms with van der Waals surface area (Å²) in [5.41, 5.74) is 2.53. The van der Waals surface area contributed by atoms with Crippen LogP contribution in [0, 0.1) is 17.0 Å². The molecule has 0 amide bonds. The third-order valence-electron chi connectivity index (χ3n) is 2.96. The van der Waals surface area contributed by atoms with Gasteiger partial charge in [0.05, 0.1) is 11.5 Å². The monoisotopic (exact) mass is 308 g/mol. The Bertz CT molecular complexity index is 631. The van der Waals surface area contributed by atoms with Crippen molar-refractivity contribution < 1.29 is 4.92 Å². The Morgan fingerprint density at radius 3 is 2.81 bits per heavy atom. The predicted octanol–water partition coefficient (Wildman–Crippen LogP) is 2.07. The summed E-state index contributed by atoms with van der Waals surface area (Å²) in [4.78, 5) is 21.9. The SMILES string of the molecule is CCN(Cc1cccs1)c1nc(NN)nc(C)c1[N+](=O)[O-]. The van der Waals surface area contributed by atoms with Crippen LogP contribution in [0.5, 0.6) is 0 Å². The van der Waals surface area contributed by atoms with Crippen molar-refractivity contribution in [3.63, 3.8) is 0 Å². The minimum Gasteiger partial charge on any atom is -0.346 e. The molecule has 2 heterocycles. The molecule has 0 radical (unpaired) electrons. The first-order chi connectivity index (χ1) is 10.1. The lowest BCUT2D eigenvalue weighted by molar-refractivity contribution is -0.385. The number of hydrazine groups is 1. The molecule has 0 saturated carbocycles. The number of nitrogens with one attached hydrogen (secondary N) is 1. The molecule has 9 heteroatoms. The average Bonchev–Trinajstić information content (AvgIpc) is 2.96. The van der Waals surface area contributed by atoms with Gasteiger partial charge in [-0.3, -0.25) is 15.5 Å². The third kappa shape index (κ3) is 3.26. The normalized spacial score (nSPS) is 10.4. The van der Waals surface area contributed by atoms with Gasteiger partial charge >= 0.3 is 5.69 Å². The highest BCUT2D eigenvalue weighted by Crippen LogP contribution is 2.31. The van der Waals surface area contributed by atoms with Gasteiger partial charge in [-0.05, 0) is 25.3 Å². The van der Waals surface area contributed by atoms with Crippen molar-refractivity contribution in [3.05, 3.63) is 38.2 Å². The summed E-state index contributed by atoms with van der Waals surface area (Å²) in [6, 6.07) is 3.93. The molecule has 2 rings (SSSR count). The molecule has 0 unspecified atom stereocenters. The van der Waals surface area contributed by atoms with Gasteiger partial charge in [0.2, 0.25) is 11.8 Å². The van der Waals surface area contributed by atoms with Crippen LogP contribution in [0.1, 0.15) is 17.5 Å². The number of anilines is 2. The second-order valence-corrected chi connectivity index (χ2v) is 5.33. The maximum Gasteiger partial charge on any atom is 0.332 e. The Kier molecular flexibility index (Phi) is 4.66. The highest BCUT2D eigenvalue weighted by molar-refractivity contribution is 7.09. The van der Waals surface area contributed by atoms with E-state index in [1.807, 2.05) is 29.3 Å². The van der Waals surface area contributed by atoms with E-state index in [9.17, 15) is 10.1 Å². The summed E-state index contributed by atoms with van der Waals surface area (Å²) in [5.74, 6) is 5.77. The van der Waals surface area contributed by atoms with E-state index in [1.54, 1.807) is 18.3 Å². The summed E-state index contributed by atoms with van der Waals surface area (Å²) in [6.07, 6.45) is 0. The van der Waals surface area contributed by atoms with Crippen LogP contribution in [0.2, 0.25) is 0 Å². The van der Waals surface area contributed by atoms with Gasteiger partial charge in [0, 0.05) is 11.4 Å². The lowest BCUT2D eigenvalue weighted by atomic mass is 10.3. The summed E-state index contributed by atoms with van der Waals surface area (Å²) in [6.45, 7) is 4.63. The third-order valence-corrected chi connectivity index (χ3v) is 3.82. The molecular weight excluding hydrogens is 292 g/mol. The summed E-state index contributed by atoms with van der Waals surface area (Å²) in [7, 11) is 0. The Balaban J connectivity index is 2.47. The fourth-order valence-corrected chi connectivity index (χ4v) is 2.70. The van der Waals surface area contributed by atoms with Crippen molar-refractivity contribution in [2.75, 3.05) is 16.9 Å². The topological polar surface area (TPSA) is 110 Å². The van der Waals surface area contributed by atoms with Crippen LogP contribution in [0.4, 0.5) is 17.5 Å². The van der Waals surface area contributed by atoms with Gasteiger partial charge in [-0.25, -0.2) is 10.8 Å². The molecule has 112 valence electrons. The molecule has 2 aromatic rings. The number of nitro groups is 1. The van der Waals surface area contributed by atoms with E-state index >= 15 is 0 Å². The van der Waals surface area contributed by atoms with Crippen molar-refractivity contribution in [1.29, 1.82) is 0 Å². The standard InChI is InChI=1S/C12H16N6O2S/c1-3-17(7-9-5-4-6-21-9)11-10(18(19)20)8(2)14-12(15-11)16-13/h4-6H,3,7,13H2,1-2H3,(H,14,15,16). The first-order valence-corrected chi connectivity index (χ1v) is 7.21. The van der Waals surface area contributed by atoms with E-state index in [-0.39, 0.29) is 23.1 Å². The lowest BCUT2D eigenvalue weighted by Gasteiger charge is -2.21. The second kappa shape index (κ2) is 6.46. The smallest absolute Gasteiger partial charge is 0.332 e. The van der Waals surface area contributed by atoms with Crippen LogP contribution in [0.3, 0.4) is 0 Å². The second-order valence-electron chi connectivity index (χ2n) is 4.30. The fraction of sp³-hybridized carbons (Fsp3) is 0.333. The number of nitrogens with two attached hydrogens (primary N) is 1. The van der Waals surface area contributed by atoms with Crippen LogP contribution < -0.4 is 16.2 Å². The van der Waals surface area contributed by atoms with E-state index in [1.165, 1.54) is 0 Å². The Labute approximate surface area is 125 Å². The maximum atomic E-state index is 11.3. The van der Waals surface area contributed by atoms with Crippen molar-refractivity contribution in [2.24, 2.45) is 5.84 Å². The molecule has 0 aliphatic rings. The summed E-state index contributed by atoms with van der Waals surface area (Å²) >= 11 is 1.59. The quantitative estimate of drug-likeness (QED) is 0.477. The van der Waals surface area contributed by atoms with E-state index < -0.39 is 4.92 Å². The Hall–Kier alpha value is -2.26. The number of thiophene rings is 1. The maximum absolute atomic E-state index is 11.3. The highest BCUT2D eigenvalue weighted by Gasteiger charge is 2.26. The number of aromatic nitrogens is 2. The minimum atomic E-state index is -0.456. The molecule has 0 saturated heterocycles. The van der Waals surface area contributed by atoms with E-state index in [4.69, 9.17) is 5.84 Å². The molecule has 3 N–H and O–H groups in total. The molecule has 0 fully saturated rings. The van der Waals surface area contributed by atoms with Gasteiger partial charge in [-0.1, -0.05) is 6.07 Å². The number of hydrogen-bond acceptors (Lipinski definition) is 8. The van der Waals surface area contributed by atoms with Gasteiger partial charge in [-0.15, -0.1) is 11.3 Å². The Morgan fingerprint density at radius 1 is 1.52 bits per heavy atom. The summed E-state index contributed by atoms with van der Waals surface area (Å²) < 4.78 is 0. The van der Waals surface area contributed by atoms with Gasteiger partial charge < -0.3 is 4.90 Å². The molecule has 0 atom stereocenters. The molecule has 0 aliphatic heterocycles. The van der Waals surface area contributed by atoms with Crippen molar-refractivity contribution in [3.8, 4) is 0 Å². The van der Waals surface area contributed by atoms with Crippen molar-refractivity contribution in [1.82, 2.24) is 9.97 Å². The zero-order chi connectivity index (χ0) is 15.4. The molecule has 2 aromatic heterocycles. The predicted molar refractivity (Wildman–Crippen MR) is 82.3 cm³/mol. The number of rotatable bonds is 6. The largest absolute Gasteiger partial charge is 0.346 e. The lowest BCUT2D eigenvalue weighted by Crippen LogP contribution is -2.25. The average molecular weight is 308 g/mol. The minimum absolute atomic E-state index is 0.0904. The van der Waals surface area contributed by atoms with Crippen molar-refractivity contribution >= 4 is 28.8 Å². The van der Waals surface area contributed by atoms with Gasteiger partial charge in [0.25, 0.3) is 0 Å². The Morgan fingerprint density at radius 2 is 2.29 bits per heavy atom. The van der Waals surface area contributed by atoms with Crippen LogP contribution in [0.15, 0.2) is 17.5 Å². The molecule has 0 bridgehead atoms. The van der Waals surface area contributed by atoms with E-state index in [0.29, 0.717) is 13.1 Å². The van der Waals surface area contributed by atoms with Gasteiger partial charge in [-0.2, -0.15) is 4.98 Å².